The lowest BCUT2D eigenvalue weighted by atomic mass is 10.1. The van der Waals surface area contributed by atoms with Crippen LogP contribution in [0, 0.1) is 0 Å². The molecule has 28 heavy (non-hydrogen) atoms. The summed E-state index contributed by atoms with van der Waals surface area (Å²) in [6.07, 6.45) is 4.63. The summed E-state index contributed by atoms with van der Waals surface area (Å²) in [7, 11) is 1.64. The largest absolute Gasteiger partial charge is 0.497 e. The summed E-state index contributed by atoms with van der Waals surface area (Å²) in [5.74, 6) is 0.951. The van der Waals surface area contributed by atoms with Crippen molar-refractivity contribution in [2.24, 2.45) is 0 Å². The molecule has 0 atom stereocenters. The predicted octanol–water partition coefficient (Wildman–Crippen LogP) is 4.30. The molecule has 1 fully saturated rings. The predicted molar refractivity (Wildman–Crippen MR) is 107 cm³/mol. The highest BCUT2D eigenvalue weighted by atomic mass is 16.5. The second-order valence-electron chi connectivity index (χ2n) is 7.52. The minimum absolute atomic E-state index is 0.179. The van der Waals surface area contributed by atoms with E-state index in [-0.39, 0.29) is 12.0 Å². The van der Waals surface area contributed by atoms with Crippen LogP contribution in [0.3, 0.4) is 0 Å². The number of rotatable bonds is 7. The maximum atomic E-state index is 12.8. The second kappa shape index (κ2) is 7.62. The van der Waals surface area contributed by atoms with Crippen molar-refractivity contribution >= 4 is 17.0 Å². The zero-order chi connectivity index (χ0) is 19.7. The Kier molecular flexibility index (Phi) is 5.03. The Morgan fingerprint density at radius 1 is 1.25 bits per heavy atom. The molecular formula is C22H25N3O3. The van der Waals surface area contributed by atoms with Crippen molar-refractivity contribution in [3.63, 3.8) is 0 Å². The van der Waals surface area contributed by atoms with Gasteiger partial charge in [0, 0.05) is 24.1 Å². The molecule has 2 heterocycles. The Balaban J connectivity index is 1.52. The van der Waals surface area contributed by atoms with Crippen LogP contribution in [-0.2, 0) is 11.2 Å². The van der Waals surface area contributed by atoms with Gasteiger partial charge in [-0.25, -0.2) is 14.5 Å². The molecule has 0 amide bonds. The molecule has 4 rings (SSSR count). The molecule has 2 aromatic heterocycles. The molecule has 6 heteroatoms. The molecule has 1 aromatic carbocycles. The average molecular weight is 379 g/mol. The van der Waals surface area contributed by atoms with Crippen LogP contribution in [0.2, 0.25) is 0 Å². The topological polar surface area (TPSA) is 66.2 Å². The molecule has 1 aliphatic rings. The molecule has 1 aliphatic carbocycles. The highest BCUT2D eigenvalue weighted by molar-refractivity contribution is 6.02. The number of hydrogen-bond acceptors (Lipinski definition) is 5. The number of nitrogens with zero attached hydrogens (tertiary/aromatic N) is 3. The molecule has 0 spiro atoms. The number of esters is 1. The summed E-state index contributed by atoms with van der Waals surface area (Å²) in [5, 5.41) is 5.19. The molecule has 3 aromatic rings. The van der Waals surface area contributed by atoms with Gasteiger partial charge in [0.25, 0.3) is 0 Å². The number of ether oxygens (including phenoxy) is 2. The van der Waals surface area contributed by atoms with Crippen molar-refractivity contribution in [2.75, 3.05) is 13.7 Å². The van der Waals surface area contributed by atoms with E-state index < -0.39 is 0 Å². The van der Waals surface area contributed by atoms with Crippen LogP contribution in [0.5, 0.6) is 5.75 Å². The third-order valence-corrected chi connectivity index (χ3v) is 5.07. The number of benzene rings is 1. The van der Waals surface area contributed by atoms with Crippen LogP contribution in [0.1, 0.15) is 60.3 Å². The fourth-order valence-electron chi connectivity index (χ4n) is 3.30. The summed E-state index contributed by atoms with van der Waals surface area (Å²) in [4.78, 5) is 17.6. The van der Waals surface area contributed by atoms with E-state index in [9.17, 15) is 4.79 Å². The summed E-state index contributed by atoms with van der Waals surface area (Å²) >= 11 is 0. The lowest BCUT2D eigenvalue weighted by molar-refractivity contribution is 0.0511. The van der Waals surface area contributed by atoms with E-state index in [1.807, 2.05) is 35.0 Å². The quantitative estimate of drug-likeness (QED) is 0.573. The third kappa shape index (κ3) is 3.72. The van der Waals surface area contributed by atoms with Crippen LogP contribution in [-0.4, -0.2) is 34.5 Å². The molecule has 0 aliphatic heterocycles. The van der Waals surface area contributed by atoms with Gasteiger partial charge in [-0.3, -0.25) is 0 Å². The minimum Gasteiger partial charge on any atom is -0.497 e. The minimum atomic E-state index is -0.314. The number of pyridine rings is 1. The zero-order valence-electron chi connectivity index (χ0n) is 16.5. The Morgan fingerprint density at radius 2 is 2.00 bits per heavy atom. The van der Waals surface area contributed by atoms with Crippen LogP contribution in [0.15, 0.2) is 36.5 Å². The van der Waals surface area contributed by atoms with Crippen molar-refractivity contribution in [3.05, 3.63) is 53.3 Å². The van der Waals surface area contributed by atoms with E-state index in [4.69, 9.17) is 14.5 Å². The number of methoxy groups -OCH3 is 1. The SMILES string of the molecule is COc1ccc(CCOC(=O)c2cc(C3CC3)nc3c2cnn3C(C)C)cc1. The third-order valence-electron chi connectivity index (χ3n) is 5.07. The molecule has 0 radical (unpaired) electrons. The van der Waals surface area contributed by atoms with Crippen LogP contribution in [0.4, 0.5) is 0 Å². The van der Waals surface area contributed by atoms with Gasteiger partial charge in [-0.1, -0.05) is 12.1 Å². The first-order chi connectivity index (χ1) is 13.6. The van der Waals surface area contributed by atoms with Crippen molar-refractivity contribution in [1.82, 2.24) is 14.8 Å². The fourth-order valence-corrected chi connectivity index (χ4v) is 3.30. The van der Waals surface area contributed by atoms with Crippen molar-refractivity contribution in [3.8, 4) is 5.75 Å². The van der Waals surface area contributed by atoms with E-state index >= 15 is 0 Å². The lowest BCUT2D eigenvalue weighted by Gasteiger charge is -2.10. The molecular weight excluding hydrogens is 354 g/mol. The standard InChI is InChI=1S/C22H25N3O3/c1-14(2)25-21-19(13-23-25)18(12-20(24-21)16-6-7-16)22(26)28-11-10-15-4-8-17(27-3)9-5-15/h4-5,8-9,12-14,16H,6-7,10-11H2,1-3H3. The summed E-state index contributed by atoms with van der Waals surface area (Å²) in [6, 6.07) is 9.85. The number of carbonyl (C=O) groups excluding carboxylic acids is 1. The van der Waals surface area contributed by atoms with Crippen molar-refractivity contribution in [1.29, 1.82) is 0 Å². The Morgan fingerprint density at radius 3 is 2.64 bits per heavy atom. The van der Waals surface area contributed by atoms with E-state index in [0.717, 1.165) is 40.9 Å². The summed E-state index contributed by atoms with van der Waals surface area (Å²) < 4.78 is 12.6. The van der Waals surface area contributed by atoms with Crippen LogP contribution < -0.4 is 4.74 Å². The lowest BCUT2D eigenvalue weighted by Crippen LogP contribution is -2.11. The first-order valence-corrected chi connectivity index (χ1v) is 9.75. The molecule has 1 saturated carbocycles. The molecule has 0 N–H and O–H groups in total. The average Bonchev–Trinajstić information content (AvgIpc) is 3.46. The van der Waals surface area contributed by atoms with Gasteiger partial charge in [0.1, 0.15) is 5.75 Å². The Hall–Kier alpha value is -2.89. The summed E-state index contributed by atoms with van der Waals surface area (Å²) in [5.41, 5.74) is 3.40. The Labute approximate surface area is 164 Å². The normalized spacial score (nSPS) is 13.9. The van der Waals surface area contributed by atoms with Crippen molar-refractivity contribution in [2.45, 2.75) is 45.1 Å². The number of fused-ring (bicyclic) bond motifs is 1. The Bertz CT molecular complexity index is 988. The zero-order valence-corrected chi connectivity index (χ0v) is 16.5. The molecule has 0 unspecified atom stereocenters. The van der Waals surface area contributed by atoms with Gasteiger partial charge < -0.3 is 9.47 Å². The molecule has 6 nitrogen and oxygen atoms in total. The smallest absolute Gasteiger partial charge is 0.339 e. The first kappa shape index (κ1) is 18.5. The number of hydrogen-bond donors (Lipinski definition) is 0. The van der Waals surface area contributed by atoms with Gasteiger partial charge in [-0.15, -0.1) is 0 Å². The highest BCUT2D eigenvalue weighted by Gasteiger charge is 2.28. The van der Waals surface area contributed by atoms with Gasteiger partial charge >= 0.3 is 5.97 Å². The second-order valence-corrected chi connectivity index (χ2v) is 7.52. The van der Waals surface area contributed by atoms with Crippen LogP contribution >= 0.6 is 0 Å². The molecule has 146 valence electrons. The van der Waals surface area contributed by atoms with Gasteiger partial charge in [0.2, 0.25) is 0 Å². The number of aromatic nitrogens is 3. The van der Waals surface area contributed by atoms with Gasteiger partial charge in [-0.05, 0) is 50.5 Å². The maximum absolute atomic E-state index is 12.8. The van der Waals surface area contributed by atoms with E-state index in [2.05, 4.69) is 18.9 Å². The van der Waals surface area contributed by atoms with Crippen molar-refractivity contribution < 1.29 is 14.3 Å². The monoisotopic (exact) mass is 379 g/mol. The van der Waals surface area contributed by atoms with E-state index in [0.29, 0.717) is 24.5 Å². The fraction of sp³-hybridized carbons (Fsp3) is 0.409. The van der Waals surface area contributed by atoms with E-state index in [1.54, 1.807) is 13.3 Å². The van der Waals surface area contributed by atoms with Gasteiger partial charge in [-0.2, -0.15) is 5.10 Å². The highest BCUT2D eigenvalue weighted by Crippen LogP contribution is 2.40. The van der Waals surface area contributed by atoms with Gasteiger partial charge in [0.15, 0.2) is 5.65 Å². The van der Waals surface area contributed by atoms with Crippen LogP contribution in [0.25, 0.3) is 11.0 Å². The van der Waals surface area contributed by atoms with Gasteiger partial charge in [0.05, 0.1) is 30.9 Å². The summed E-state index contributed by atoms with van der Waals surface area (Å²) in [6.45, 7) is 4.45. The number of carbonyl (C=O) groups is 1. The maximum Gasteiger partial charge on any atom is 0.339 e. The van der Waals surface area contributed by atoms with E-state index in [1.165, 1.54) is 0 Å². The molecule has 0 saturated heterocycles. The first-order valence-electron chi connectivity index (χ1n) is 9.75. The molecule has 0 bridgehead atoms.